The Morgan fingerprint density at radius 2 is 1.86 bits per heavy atom. The molecule has 0 radical (unpaired) electrons. The number of nitrogens with zero attached hydrogens (tertiary/aromatic N) is 1. The van der Waals surface area contributed by atoms with Crippen LogP contribution >= 0.6 is 15.9 Å². The van der Waals surface area contributed by atoms with Crippen molar-refractivity contribution in [2.45, 2.75) is 17.9 Å². The normalized spacial score (nSPS) is 17.0. The van der Waals surface area contributed by atoms with Crippen LogP contribution in [-0.2, 0) is 26.2 Å². The van der Waals surface area contributed by atoms with E-state index in [0.29, 0.717) is 6.54 Å². The molecule has 0 aliphatic carbocycles. The molecule has 0 aromatic heterocycles. The summed E-state index contributed by atoms with van der Waals surface area (Å²) < 4.78 is 26.5. The Labute approximate surface area is 172 Å². The summed E-state index contributed by atoms with van der Waals surface area (Å²) in [7, 11) is -2.13. The zero-order chi connectivity index (χ0) is 20.3. The number of rotatable bonds is 6. The summed E-state index contributed by atoms with van der Waals surface area (Å²) in [5.74, 6) is -0.716. The number of sulfonamides is 1. The van der Waals surface area contributed by atoms with E-state index in [2.05, 4.69) is 26.0 Å². The molecule has 0 spiro atoms. The van der Waals surface area contributed by atoms with Crippen LogP contribution in [0.15, 0.2) is 57.9 Å². The van der Waals surface area contributed by atoms with Gasteiger partial charge in [0.2, 0.25) is 21.8 Å². The summed E-state index contributed by atoms with van der Waals surface area (Å²) in [5.41, 5.74) is 1.53. The van der Waals surface area contributed by atoms with E-state index in [1.54, 1.807) is 17.0 Å². The molecule has 7 nitrogen and oxygen atoms in total. The van der Waals surface area contributed by atoms with Crippen LogP contribution in [-0.4, -0.2) is 33.8 Å². The lowest BCUT2D eigenvalue weighted by Gasteiger charge is -2.18. The second-order valence-corrected chi connectivity index (χ2v) is 9.17. The first kappa shape index (κ1) is 20.5. The number of para-hydroxylation sites is 1. The smallest absolute Gasteiger partial charge is 0.240 e. The van der Waals surface area contributed by atoms with Crippen LogP contribution in [0.4, 0.5) is 5.69 Å². The molecule has 1 aliphatic heterocycles. The maximum atomic E-state index is 12.5. The van der Waals surface area contributed by atoms with Crippen molar-refractivity contribution in [2.24, 2.45) is 5.92 Å². The van der Waals surface area contributed by atoms with Crippen molar-refractivity contribution in [1.29, 1.82) is 0 Å². The van der Waals surface area contributed by atoms with Gasteiger partial charge >= 0.3 is 0 Å². The number of nitrogens with one attached hydrogen (secondary N) is 2. The number of halogens is 1. The molecule has 9 heteroatoms. The van der Waals surface area contributed by atoms with Crippen LogP contribution in [0.25, 0.3) is 0 Å². The third kappa shape index (κ3) is 4.43. The molecule has 28 heavy (non-hydrogen) atoms. The molecular formula is C19H20BrN3O4S. The fraction of sp³-hybridized carbons (Fsp3) is 0.263. The van der Waals surface area contributed by atoms with Gasteiger partial charge in [0.25, 0.3) is 0 Å². The average molecular weight is 466 g/mol. The van der Waals surface area contributed by atoms with Gasteiger partial charge in [-0.15, -0.1) is 0 Å². The summed E-state index contributed by atoms with van der Waals surface area (Å²) in [6, 6.07) is 13.7. The van der Waals surface area contributed by atoms with Crippen LogP contribution in [0.5, 0.6) is 0 Å². The summed E-state index contributed by atoms with van der Waals surface area (Å²) in [6.07, 6.45) is 0.159. The van der Waals surface area contributed by atoms with E-state index in [-0.39, 0.29) is 29.7 Å². The third-order valence-corrected chi connectivity index (χ3v) is 6.71. The van der Waals surface area contributed by atoms with Gasteiger partial charge in [0.15, 0.2) is 0 Å². The minimum atomic E-state index is -3.49. The van der Waals surface area contributed by atoms with Crippen molar-refractivity contribution in [3.05, 3.63) is 58.6 Å². The van der Waals surface area contributed by atoms with Crippen LogP contribution in [0.3, 0.4) is 0 Å². The first-order valence-electron chi connectivity index (χ1n) is 8.67. The monoisotopic (exact) mass is 465 g/mol. The Kier molecular flexibility index (Phi) is 6.17. The van der Waals surface area contributed by atoms with Crippen LogP contribution in [0.2, 0.25) is 0 Å². The minimum absolute atomic E-state index is 0.0892. The number of anilines is 1. The number of carbonyl (C=O) groups excluding carboxylic acids is 2. The predicted molar refractivity (Wildman–Crippen MR) is 109 cm³/mol. The van der Waals surface area contributed by atoms with Crippen LogP contribution < -0.4 is 14.9 Å². The largest absolute Gasteiger partial charge is 0.352 e. The van der Waals surface area contributed by atoms with E-state index >= 15 is 0 Å². The number of carbonyl (C=O) groups is 2. The second kappa shape index (κ2) is 8.42. The zero-order valence-electron chi connectivity index (χ0n) is 15.2. The van der Waals surface area contributed by atoms with E-state index < -0.39 is 15.9 Å². The lowest BCUT2D eigenvalue weighted by atomic mass is 10.1. The molecule has 1 unspecified atom stereocenters. The summed E-state index contributed by atoms with van der Waals surface area (Å²) in [6.45, 7) is 0.588. The highest BCUT2D eigenvalue weighted by Crippen LogP contribution is 2.31. The second-order valence-electron chi connectivity index (χ2n) is 6.43. The summed E-state index contributed by atoms with van der Waals surface area (Å²) in [4.78, 5) is 26.6. The van der Waals surface area contributed by atoms with Crippen molar-refractivity contribution in [1.82, 2.24) is 10.0 Å². The topological polar surface area (TPSA) is 95.6 Å². The van der Waals surface area contributed by atoms with Crippen molar-refractivity contribution >= 4 is 43.5 Å². The molecule has 1 atom stereocenters. The lowest BCUT2D eigenvalue weighted by Crippen LogP contribution is -2.32. The van der Waals surface area contributed by atoms with Gasteiger partial charge in [0.05, 0.1) is 16.5 Å². The zero-order valence-corrected chi connectivity index (χ0v) is 17.6. The highest BCUT2D eigenvalue weighted by Gasteiger charge is 2.35. The first-order chi connectivity index (χ1) is 13.3. The Morgan fingerprint density at radius 1 is 1.18 bits per heavy atom. The van der Waals surface area contributed by atoms with Gasteiger partial charge < -0.3 is 10.2 Å². The molecule has 1 heterocycles. The van der Waals surface area contributed by atoms with Crippen molar-refractivity contribution in [2.75, 3.05) is 18.5 Å². The van der Waals surface area contributed by atoms with Gasteiger partial charge in [-0.25, -0.2) is 13.1 Å². The van der Waals surface area contributed by atoms with Crippen molar-refractivity contribution in [3.8, 4) is 0 Å². The molecule has 2 aromatic carbocycles. The molecule has 1 fully saturated rings. The summed E-state index contributed by atoms with van der Waals surface area (Å²) in [5, 5.41) is 2.83. The molecule has 0 saturated carbocycles. The van der Waals surface area contributed by atoms with E-state index in [9.17, 15) is 18.0 Å². The van der Waals surface area contributed by atoms with Crippen molar-refractivity contribution < 1.29 is 18.0 Å². The molecule has 1 saturated heterocycles. The molecular weight excluding hydrogens is 446 g/mol. The van der Waals surface area contributed by atoms with Gasteiger partial charge in [0.1, 0.15) is 0 Å². The highest BCUT2D eigenvalue weighted by atomic mass is 79.9. The lowest BCUT2D eigenvalue weighted by molar-refractivity contribution is -0.126. The number of amides is 2. The van der Waals surface area contributed by atoms with E-state index in [1.807, 2.05) is 24.3 Å². The standard InChI is InChI=1S/C19H20BrN3O4S/c1-21-28(26,27)15-8-6-13(7-9-15)11-22-19(25)14-10-18(24)23(12-14)17-5-3-2-4-16(17)20/h2-9,14,21H,10-12H2,1H3,(H,22,25). The minimum Gasteiger partial charge on any atom is -0.352 e. The molecule has 2 aromatic rings. The maximum Gasteiger partial charge on any atom is 0.240 e. The van der Waals surface area contributed by atoms with Gasteiger partial charge in [-0.3, -0.25) is 9.59 Å². The van der Waals surface area contributed by atoms with Crippen LogP contribution in [0.1, 0.15) is 12.0 Å². The summed E-state index contributed by atoms with van der Waals surface area (Å²) >= 11 is 3.44. The van der Waals surface area contributed by atoms with Gasteiger partial charge in [-0.05, 0) is 52.8 Å². The van der Waals surface area contributed by atoms with E-state index in [1.165, 1.54) is 19.2 Å². The van der Waals surface area contributed by atoms with Crippen molar-refractivity contribution in [3.63, 3.8) is 0 Å². The van der Waals surface area contributed by atoms with E-state index in [0.717, 1.165) is 15.7 Å². The first-order valence-corrected chi connectivity index (χ1v) is 10.9. The fourth-order valence-electron chi connectivity index (χ4n) is 3.02. The van der Waals surface area contributed by atoms with E-state index in [4.69, 9.17) is 0 Å². The number of hydrogen-bond acceptors (Lipinski definition) is 4. The molecule has 2 N–H and O–H groups in total. The maximum absolute atomic E-state index is 12.5. The third-order valence-electron chi connectivity index (χ3n) is 4.61. The quantitative estimate of drug-likeness (QED) is 0.681. The molecule has 2 amide bonds. The van der Waals surface area contributed by atoms with Crippen LogP contribution in [0, 0.1) is 5.92 Å². The number of benzene rings is 2. The fourth-order valence-corrected chi connectivity index (χ4v) is 4.25. The Morgan fingerprint density at radius 3 is 2.50 bits per heavy atom. The SMILES string of the molecule is CNS(=O)(=O)c1ccc(CNC(=O)C2CC(=O)N(c3ccccc3Br)C2)cc1. The molecule has 1 aliphatic rings. The average Bonchev–Trinajstić information content (AvgIpc) is 3.08. The van der Waals surface area contributed by atoms with Gasteiger partial charge in [-0.1, -0.05) is 24.3 Å². The van der Waals surface area contributed by atoms with Gasteiger partial charge in [-0.2, -0.15) is 0 Å². The Bertz CT molecular complexity index is 992. The number of hydrogen-bond donors (Lipinski definition) is 2. The molecule has 0 bridgehead atoms. The Balaban J connectivity index is 1.60. The molecule has 3 rings (SSSR count). The Hall–Kier alpha value is -2.23. The molecule has 148 valence electrons. The van der Waals surface area contributed by atoms with Gasteiger partial charge in [0, 0.05) is 24.0 Å². The predicted octanol–water partition coefficient (Wildman–Crippen LogP) is 2.03. The highest BCUT2D eigenvalue weighted by molar-refractivity contribution is 9.10.